The lowest BCUT2D eigenvalue weighted by atomic mass is 10.3. The summed E-state index contributed by atoms with van der Waals surface area (Å²) in [4.78, 5) is 17.9. The third-order valence-corrected chi connectivity index (χ3v) is 2.34. The Bertz CT molecular complexity index is 696. The Labute approximate surface area is 113 Å². The lowest BCUT2D eigenvalue weighted by Gasteiger charge is -2.07. The highest BCUT2D eigenvalue weighted by Crippen LogP contribution is 2.34. The van der Waals surface area contributed by atoms with Gasteiger partial charge in [-0.25, -0.2) is 9.97 Å². The fraction of sp³-hybridized carbons (Fsp3) is 0.0833. The van der Waals surface area contributed by atoms with Gasteiger partial charge in [-0.05, 0) is 6.07 Å². The summed E-state index contributed by atoms with van der Waals surface area (Å²) in [5.41, 5.74) is -0.329. The van der Waals surface area contributed by atoms with Gasteiger partial charge < -0.3 is 9.47 Å². The zero-order valence-corrected chi connectivity index (χ0v) is 10.3. The van der Waals surface area contributed by atoms with Crippen LogP contribution in [0.15, 0.2) is 30.6 Å². The summed E-state index contributed by atoms with van der Waals surface area (Å²) in [6, 6.07) is 5.82. The fourth-order valence-electron chi connectivity index (χ4n) is 1.43. The first-order chi connectivity index (χ1) is 9.65. The van der Waals surface area contributed by atoms with Gasteiger partial charge >= 0.3 is 5.69 Å². The zero-order valence-electron chi connectivity index (χ0n) is 10.3. The average molecular weight is 272 g/mol. The van der Waals surface area contributed by atoms with Gasteiger partial charge in [0.25, 0.3) is 5.88 Å². The maximum Gasteiger partial charge on any atom is 0.311 e. The van der Waals surface area contributed by atoms with Crippen LogP contribution in [0, 0.1) is 21.4 Å². The largest absolute Gasteiger partial charge is 0.497 e. The second-order valence-corrected chi connectivity index (χ2v) is 3.51. The Morgan fingerprint density at radius 2 is 2.10 bits per heavy atom. The molecular formula is C12H8N4O4. The number of ether oxygens (including phenoxy) is 2. The first-order valence-electron chi connectivity index (χ1n) is 5.37. The first-order valence-corrected chi connectivity index (χ1v) is 5.37. The molecule has 20 heavy (non-hydrogen) atoms. The van der Waals surface area contributed by atoms with Crippen LogP contribution in [0.4, 0.5) is 5.69 Å². The molecule has 8 heteroatoms. The summed E-state index contributed by atoms with van der Waals surface area (Å²) in [5.74, 6) is 0.200. The van der Waals surface area contributed by atoms with Crippen LogP contribution >= 0.6 is 0 Å². The molecule has 100 valence electrons. The molecule has 0 saturated carbocycles. The number of nitro groups is 1. The van der Waals surface area contributed by atoms with Gasteiger partial charge in [-0.2, -0.15) is 5.26 Å². The van der Waals surface area contributed by atoms with E-state index < -0.39 is 4.92 Å². The Balaban J connectivity index is 2.46. The number of rotatable bonds is 4. The Hall–Kier alpha value is -3.21. The third kappa shape index (κ3) is 2.62. The number of hydrogen-bond acceptors (Lipinski definition) is 7. The highest BCUT2D eigenvalue weighted by Gasteiger charge is 2.19. The number of hydrogen-bond donors (Lipinski definition) is 0. The molecule has 0 spiro atoms. The van der Waals surface area contributed by atoms with Crippen LogP contribution in [-0.2, 0) is 0 Å². The summed E-state index contributed by atoms with van der Waals surface area (Å²) in [6.45, 7) is 0. The smallest absolute Gasteiger partial charge is 0.311 e. The van der Waals surface area contributed by atoms with Crippen molar-refractivity contribution in [2.24, 2.45) is 0 Å². The maximum atomic E-state index is 10.9. The van der Waals surface area contributed by atoms with Crippen LogP contribution in [0.25, 0.3) is 0 Å². The Kier molecular flexibility index (Phi) is 3.72. The maximum absolute atomic E-state index is 10.9. The lowest BCUT2D eigenvalue weighted by molar-refractivity contribution is -0.385. The van der Waals surface area contributed by atoms with Crippen molar-refractivity contribution in [2.45, 2.75) is 0 Å². The van der Waals surface area contributed by atoms with Crippen molar-refractivity contribution in [1.82, 2.24) is 9.97 Å². The second-order valence-electron chi connectivity index (χ2n) is 3.51. The molecular weight excluding hydrogens is 264 g/mol. The van der Waals surface area contributed by atoms with E-state index in [9.17, 15) is 10.1 Å². The SMILES string of the molecule is COc1ccc([N+](=O)[O-])c(Oc2nccnc2C#N)c1. The normalized spacial score (nSPS) is 9.60. The minimum absolute atomic E-state index is 0.0652. The van der Waals surface area contributed by atoms with Crippen molar-refractivity contribution >= 4 is 5.69 Å². The summed E-state index contributed by atoms with van der Waals surface area (Å²) in [7, 11) is 1.42. The van der Waals surface area contributed by atoms with E-state index in [4.69, 9.17) is 14.7 Å². The minimum Gasteiger partial charge on any atom is -0.497 e. The molecule has 0 unspecified atom stereocenters. The van der Waals surface area contributed by atoms with Crippen LogP contribution in [0.3, 0.4) is 0 Å². The fourth-order valence-corrected chi connectivity index (χ4v) is 1.43. The number of aromatic nitrogens is 2. The molecule has 1 aromatic heterocycles. The molecule has 2 rings (SSSR count). The number of methoxy groups -OCH3 is 1. The van der Waals surface area contributed by atoms with Crippen molar-refractivity contribution in [3.8, 4) is 23.4 Å². The van der Waals surface area contributed by atoms with Gasteiger partial charge in [0.1, 0.15) is 11.8 Å². The molecule has 0 aliphatic carbocycles. The average Bonchev–Trinajstić information content (AvgIpc) is 2.47. The van der Waals surface area contributed by atoms with Gasteiger partial charge in [0.05, 0.1) is 12.0 Å². The van der Waals surface area contributed by atoms with Crippen molar-refractivity contribution in [3.63, 3.8) is 0 Å². The van der Waals surface area contributed by atoms with E-state index in [1.807, 2.05) is 0 Å². The van der Waals surface area contributed by atoms with E-state index in [1.165, 1.54) is 37.7 Å². The molecule has 0 N–H and O–H groups in total. The monoisotopic (exact) mass is 272 g/mol. The van der Waals surface area contributed by atoms with Gasteiger partial charge in [0.2, 0.25) is 11.4 Å². The number of nitrogens with zero attached hydrogens (tertiary/aromatic N) is 4. The molecule has 0 amide bonds. The Morgan fingerprint density at radius 1 is 1.35 bits per heavy atom. The van der Waals surface area contributed by atoms with E-state index in [1.54, 1.807) is 6.07 Å². The van der Waals surface area contributed by atoms with E-state index in [0.717, 1.165) is 0 Å². The van der Waals surface area contributed by atoms with Gasteiger partial charge in [-0.1, -0.05) is 0 Å². The van der Waals surface area contributed by atoms with Crippen LogP contribution in [0.5, 0.6) is 17.4 Å². The summed E-state index contributed by atoms with van der Waals surface area (Å²) in [5, 5.41) is 19.8. The van der Waals surface area contributed by atoms with Crippen LogP contribution in [0.2, 0.25) is 0 Å². The zero-order chi connectivity index (χ0) is 14.5. The molecule has 0 aliphatic rings. The van der Waals surface area contributed by atoms with Crippen molar-refractivity contribution in [1.29, 1.82) is 5.26 Å². The quantitative estimate of drug-likeness (QED) is 0.618. The first kappa shape index (κ1) is 13.2. The molecule has 0 radical (unpaired) electrons. The standard InChI is InChI=1S/C12H8N4O4/c1-19-8-2-3-10(16(17)18)11(6-8)20-12-9(7-13)14-4-5-15-12/h2-6H,1H3. The molecule has 8 nitrogen and oxygen atoms in total. The highest BCUT2D eigenvalue weighted by atomic mass is 16.6. The lowest BCUT2D eigenvalue weighted by Crippen LogP contribution is -1.98. The summed E-state index contributed by atoms with van der Waals surface area (Å²) >= 11 is 0. The van der Waals surface area contributed by atoms with E-state index in [2.05, 4.69) is 9.97 Å². The van der Waals surface area contributed by atoms with Gasteiger partial charge in [-0.15, -0.1) is 0 Å². The van der Waals surface area contributed by atoms with Crippen molar-refractivity contribution in [3.05, 3.63) is 46.4 Å². The predicted octanol–water partition coefficient (Wildman–Crippen LogP) is 2.06. The number of nitriles is 1. The molecule has 0 atom stereocenters. The number of nitro benzene ring substituents is 1. The van der Waals surface area contributed by atoms with Crippen LogP contribution in [-0.4, -0.2) is 22.0 Å². The summed E-state index contributed by atoms with van der Waals surface area (Å²) in [6.07, 6.45) is 2.65. The van der Waals surface area contributed by atoms with Gasteiger partial charge in [0, 0.05) is 24.5 Å². The van der Waals surface area contributed by atoms with Gasteiger partial charge in [-0.3, -0.25) is 10.1 Å². The predicted molar refractivity (Wildman–Crippen MR) is 66.5 cm³/mol. The molecule has 1 aromatic carbocycles. The van der Waals surface area contributed by atoms with Crippen LogP contribution in [0.1, 0.15) is 5.69 Å². The van der Waals surface area contributed by atoms with E-state index in [0.29, 0.717) is 5.75 Å². The molecule has 0 aliphatic heterocycles. The molecule has 1 heterocycles. The van der Waals surface area contributed by atoms with Gasteiger partial charge in [0.15, 0.2) is 0 Å². The molecule has 0 bridgehead atoms. The summed E-state index contributed by atoms with van der Waals surface area (Å²) < 4.78 is 10.3. The third-order valence-electron chi connectivity index (χ3n) is 2.34. The van der Waals surface area contributed by atoms with Crippen LogP contribution < -0.4 is 9.47 Å². The Morgan fingerprint density at radius 3 is 2.75 bits per heavy atom. The number of benzene rings is 1. The van der Waals surface area contributed by atoms with E-state index >= 15 is 0 Å². The molecule has 0 fully saturated rings. The highest BCUT2D eigenvalue weighted by molar-refractivity contribution is 5.52. The molecule has 2 aromatic rings. The second kappa shape index (κ2) is 5.62. The topological polar surface area (TPSA) is 111 Å². The van der Waals surface area contributed by atoms with Crippen molar-refractivity contribution in [2.75, 3.05) is 7.11 Å². The van der Waals surface area contributed by atoms with E-state index in [-0.39, 0.29) is 23.0 Å². The minimum atomic E-state index is -0.600. The molecule has 0 saturated heterocycles. The van der Waals surface area contributed by atoms with Crippen molar-refractivity contribution < 1.29 is 14.4 Å².